The summed E-state index contributed by atoms with van der Waals surface area (Å²) in [6, 6.07) is 4.57. The third-order valence-electron chi connectivity index (χ3n) is 2.74. The van der Waals surface area contributed by atoms with Gasteiger partial charge in [0.2, 0.25) is 0 Å². The molecular formula is C13H18ClNO3. The zero-order valence-corrected chi connectivity index (χ0v) is 11.6. The second kappa shape index (κ2) is 6.50. The molecule has 18 heavy (non-hydrogen) atoms. The fourth-order valence-electron chi connectivity index (χ4n) is 1.78. The van der Waals surface area contributed by atoms with E-state index >= 15 is 0 Å². The van der Waals surface area contributed by atoms with Gasteiger partial charge in [-0.3, -0.25) is 0 Å². The fraction of sp³-hybridized carbons (Fsp3) is 0.462. The number of methoxy groups -OCH3 is 1. The quantitative estimate of drug-likeness (QED) is 0.864. The topological polar surface area (TPSA) is 49.8 Å². The van der Waals surface area contributed by atoms with Crippen LogP contribution in [0.25, 0.3) is 0 Å². The number of hydrogen-bond donors (Lipinski definition) is 1. The van der Waals surface area contributed by atoms with Crippen molar-refractivity contribution in [3.63, 3.8) is 0 Å². The standard InChI is InChI=1S/C13H18ClNO3/c1-4-7-15(9(2)13(16)17)11-8-10(14)5-6-12(11)18-3/h5-6,8-9H,4,7H2,1-3H3,(H,16,17)/t9-/m1/s1. The third-order valence-corrected chi connectivity index (χ3v) is 2.97. The molecule has 0 amide bonds. The molecule has 0 spiro atoms. The largest absolute Gasteiger partial charge is 0.495 e. The maximum atomic E-state index is 11.2. The summed E-state index contributed by atoms with van der Waals surface area (Å²) >= 11 is 5.97. The number of rotatable bonds is 6. The average Bonchev–Trinajstić information content (AvgIpc) is 2.35. The zero-order chi connectivity index (χ0) is 13.7. The molecule has 1 atom stereocenters. The highest BCUT2D eigenvalue weighted by atomic mass is 35.5. The van der Waals surface area contributed by atoms with Gasteiger partial charge in [0, 0.05) is 11.6 Å². The first-order chi connectivity index (χ1) is 8.51. The molecule has 5 heteroatoms. The normalized spacial score (nSPS) is 12.0. The summed E-state index contributed by atoms with van der Waals surface area (Å²) in [5.74, 6) is -0.244. The molecule has 4 nitrogen and oxygen atoms in total. The number of carboxylic acid groups (broad SMARTS) is 1. The molecule has 0 saturated heterocycles. The molecule has 0 fully saturated rings. The van der Waals surface area contributed by atoms with Gasteiger partial charge < -0.3 is 14.7 Å². The summed E-state index contributed by atoms with van der Waals surface area (Å²) in [6.45, 7) is 4.28. The van der Waals surface area contributed by atoms with E-state index in [4.69, 9.17) is 21.4 Å². The Balaban J connectivity index is 3.19. The summed E-state index contributed by atoms with van der Waals surface area (Å²) in [7, 11) is 1.56. The first-order valence-electron chi connectivity index (χ1n) is 5.84. The molecule has 0 aliphatic heterocycles. The van der Waals surface area contributed by atoms with E-state index in [-0.39, 0.29) is 0 Å². The minimum absolute atomic E-state index is 0.560. The molecule has 1 aromatic rings. The van der Waals surface area contributed by atoms with Gasteiger partial charge in [0.15, 0.2) is 0 Å². The van der Waals surface area contributed by atoms with Crippen molar-refractivity contribution in [1.82, 2.24) is 0 Å². The first kappa shape index (κ1) is 14.6. The number of ether oxygens (including phenoxy) is 1. The Morgan fingerprint density at radius 3 is 2.72 bits per heavy atom. The predicted molar refractivity (Wildman–Crippen MR) is 72.7 cm³/mol. The summed E-state index contributed by atoms with van der Waals surface area (Å²) in [5, 5.41) is 9.72. The average molecular weight is 272 g/mol. The van der Waals surface area contributed by atoms with Crippen LogP contribution in [0.4, 0.5) is 5.69 Å². The molecule has 0 aromatic heterocycles. The minimum Gasteiger partial charge on any atom is -0.495 e. The van der Waals surface area contributed by atoms with Crippen LogP contribution in [-0.4, -0.2) is 30.8 Å². The molecule has 0 unspecified atom stereocenters. The summed E-state index contributed by atoms with van der Waals surface area (Å²) in [4.78, 5) is 12.9. The van der Waals surface area contributed by atoms with E-state index in [9.17, 15) is 4.79 Å². The van der Waals surface area contributed by atoms with E-state index in [1.807, 2.05) is 6.92 Å². The molecule has 1 N–H and O–H groups in total. The molecule has 0 aliphatic carbocycles. The van der Waals surface area contributed by atoms with Crippen LogP contribution in [0.3, 0.4) is 0 Å². The van der Waals surface area contributed by atoms with Crippen LogP contribution in [0, 0.1) is 0 Å². The fourth-order valence-corrected chi connectivity index (χ4v) is 1.95. The second-order valence-electron chi connectivity index (χ2n) is 4.02. The highest BCUT2D eigenvalue weighted by Gasteiger charge is 2.23. The van der Waals surface area contributed by atoms with E-state index in [1.165, 1.54) is 0 Å². The van der Waals surface area contributed by atoms with Crippen molar-refractivity contribution in [2.24, 2.45) is 0 Å². The molecule has 0 saturated carbocycles. The van der Waals surface area contributed by atoms with E-state index in [0.29, 0.717) is 23.0 Å². The van der Waals surface area contributed by atoms with Crippen molar-refractivity contribution < 1.29 is 14.6 Å². The van der Waals surface area contributed by atoms with Crippen LogP contribution in [0.2, 0.25) is 5.02 Å². The molecule has 0 radical (unpaired) electrons. The van der Waals surface area contributed by atoms with Crippen molar-refractivity contribution >= 4 is 23.3 Å². The highest BCUT2D eigenvalue weighted by Crippen LogP contribution is 2.32. The lowest BCUT2D eigenvalue weighted by atomic mass is 10.2. The van der Waals surface area contributed by atoms with Gasteiger partial charge >= 0.3 is 5.97 Å². The van der Waals surface area contributed by atoms with Crippen molar-refractivity contribution in [3.05, 3.63) is 23.2 Å². The van der Waals surface area contributed by atoms with Crippen molar-refractivity contribution in [3.8, 4) is 5.75 Å². The molecule has 100 valence electrons. The Morgan fingerprint density at radius 2 is 2.22 bits per heavy atom. The van der Waals surface area contributed by atoms with Gasteiger partial charge in [-0.25, -0.2) is 4.79 Å². The lowest BCUT2D eigenvalue weighted by Crippen LogP contribution is -2.39. The van der Waals surface area contributed by atoms with E-state index in [1.54, 1.807) is 37.1 Å². The molecule has 0 aliphatic rings. The minimum atomic E-state index is -0.870. The van der Waals surface area contributed by atoms with Crippen molar-refractivity contribution in [2.75, 3.05) is 18.6 Å². The summed E-state index contributed by atoms with van der Waals surface area (Å²) in [5.41, 5.74) is 0.710. The summed E-state index contributed by atoms with van der Waals surface area (Å²) < 4.78 is 5.26. The van der Waals surface area contributed by atoms with Gasteiger partial charge in [0.05, 0.1) is 12.8 Å². The van der Waals surface area contributed by atoms with Crippen LogP contribution in [0.15, 0.2) is 18.2 Å². The van der Waals surface area contributed by atoms with Crippen LogP contribution < -0.4 is 9.64 Å². The number of nitrogens with zero attached hydrogens (tertiary/aromatic N) is 1. The van der Waals surface area contributed by atoms with Crippen LogP contribution in [0.5, 0.6) is 5.75 Å². The zero-order valence-electron chi connectivity index (χ0n) is 10.8. The van der Waals surface area contributed by atoms with Gasteiger partial charge in [-0.1, -0.05) is 18.5 Å². The number of anilines is 1. The monoisotopic (exact) mass is 271 g/mol. The third kappa shape index (κ3) is 3.29. The van der Waals surface area contributed by atoms with E-state index < -0.39 is 12.0 Å². The van der Waals surface area contributed by atoms with Gasteiger partial charge in [-0.15, -0.1) is 0 Å². The van der Waals surface area contributed by atoms with Crippen LogP contribution in [-0.2, 0) is 4.79 Å². The number of carbonyl (C=O) groups is 1. The number of carboxylic acids is 1. The molecule has 0 bridgehead atoms. The smallest absolute Gasteiger partial charge is 0.326 e. The number of aliphatic carboxylic acids is 1. The van der Waals surface area contributed by atoms with Crippen molar-refractivity contribution in [1.29, 1.82) is 0 Å². The number of hydrogen-bond acceptors (Lipinski definition) is 3. The Kier molecular flexibility index (Phi) is 5.28. The van der Waals surface area contributed by atoms with Gasteiger partial charge in [-0.2, -0.15) is 0 Å². The maximum absolute atomic E-state index is 11.2. The highest BCUT2D eigenvalue weighted by molar-refractivity contribution is 6.31. The maximum Gasteiger partial charge on any atom is 0.326 e. The second-order valence-corrected chi connectivity index (χ2v) is 4.46. The molecular weight excluding hydrogens is 254 g/mol. The predicted octanol–water partition coefficient (Wildman–Crippen LogP) is 3.04. The Labute approximate surface area is 112 Å². The Bertz CT molecular complexity index is 423. The molecule has 1 rings (SSSR count). The molecule has 0 heterocycles. The van der Waals surface area contributed by atoms with Crippen LogP contribution in [0.1, 0.15) is 20.3 Å². The van der Waals surface area contributed by atoms with Gasteiger partial charge in [0.1, 0.15) is 11.8 Å². The van der Waals surface area contributed by atoms with Gasteiger partial charge in [-0.05, 0) is 31.5 Å². The Hall–Kier alpha value is -1.42. The van der Waals surface area contributed by atoms with E-state index in [2.05, 4.69) is 0 Å². The summed E-state index contributed by atoms with van der Waals surface area (Å²) in [6.07, 6.45) is 0.841. The number of benzene rings is 1. The van der Waals surface area contributed by atoms with Crippen molar-refractivity contribution in [2.45, 2.75) is 26.3 Å². The number of halogens is 1. The van der Waals surface area contributed by atoms with Crippen LogP contribution >= 0.6 is 11.6 Å². The lowest BCUT2D eigenvalue weighted by molar-refractivity contribution is -0.138. The SMILES string of the molecule is CCCN(c1cc(Cl)ccc1OC)[C@H](C)C(=O)O. The molecule has 1 aromatic carbocycles. The first-order valence-corrected chi connectivity index (χ1v) is 6.22. The van der Waals surface area contributed by atoms with E-state index in [0.717, 1.165) is 6.42 Å². The Morgan fingerprint density at radius 1 is 1.56 bits per heavy atom. The lowest BCUT2D eigenvalue weighted by Gasteiger charge is -2.29. The van der Waals surface area contributed by atoms with Gasteiger partial charge in [0.25, 0.3) is 0 Å².